The summed E-state index contributed by atoms with van der Waals surface area (Å²) < 4.78 is 0. The van der Waals surface area contributed by atoms with Crippen molar-refractivity contribution in [1.29, 1.82) is 0 Å². The molecule has 0 saturated carbocycles. The third kappa shape index (κ3) is 2.58. The largest absolute Gasteiger partial charge is 0.312 e. The molecule has 1 atom stereocenters. The van der Waals surface area contributed by atoms with Crippen LogP contribution < -0.4 is 5.90 Å². The predicted octanol–water partition coefficient (Wildman–Crippen LogP) is 1.57. The van der Waals surface area contributed by atoms with Gasteiger partial charge in [-0.15, -0.1) is 0 Å². The Balaban J connectivity index is 2.90. The van der Waals surface area contributed by atoms with Crippen molar-refractivity contribution in [3.8, 4) is 0 Å². The number of nitrogens with two attached hydrogens (primary N) is 1. The standard InChI is InChI=1S/C11H20N2O2/c1-4-10(14)13-7-5-6-9(8(2)3)11(13)15-12/h11H,4-7,12H2,1-3H3. The highest BCUT2D eigenvalue weighted by Gasteiger charge is 2.30. The van der Waals surface area contributed by atoms with E-state index in [4.69, 9.17) is 10.7 Å². The molecule has 1 aliphatic rings. The van der Waals surface area contributed by atoms with Crippen molar-refractivity contribution in [1.82, 2.24) is 4.90 Å². The summed E-state index contributed by atoms with van der Waals surface area (Å²) in [5.41, 5.74) is 2.34. The van der Waals surface area contributed by atoms with E-state index in [-0.39, 0.29) is 12.1 Å². The molecule has 1 amide bonds. The predicted molar refractivity (Wildman–Crippen MR) is 58.7 cm³/mol. The van der Waals surface area contributed by atoms with E-state index in [1.165, 1.54) is 5.57 Å². The highest BCUT2D eigenvalue weighted by Crippen LogP contribution is 2.26. The quantitative estimate of drug-likeness (QED) is 0.558. The van der Waals surface area contributed by atoms with E-state index in [1.807, 2.05) is 20.8 Å². The van der Waals surface area contributed by atoms with Crippen LogP contribution in [0.4, 0.5) is 0 Å². The molecule has 0 aromatic heterocycles. The SMILES string of the molecule is CCC(=O)N1CCCC(=C(C)C)C1ON. The van der Waals surface area contributed by atoms with E-state index < -0.39 is 0 Å². The van der Waals surface area contributed by atoms with Crippen molar-refractivity contribution in [3.63, 3.8) is 0 Å². The topological polar surface area (TPSA) is 55.6 Å². The number of carbonyl (C=O) groups excluding carboxylic acids is 1. The Morgan fingerprint density at radius 2 is 2.27 bits per heavy atom. The highest BCUT2D eigenvalue weighted by molar-refractivity contribution is 5.76. The molecule has 0 radical (unpaired) electrons. The Morgan fingerprint density at radius 3 is 2.73 bits per heavy atom. The number of rotatable bonds is 2. The van der Waals surface area contributed by atoms with Crippen LogP contribution in [0.1, 0.15) is 40.0 Å². The van der Waals surface area contributed by atoms with Gasteiger partial charge in [0.05, 0.1) is 0 Å². The Labute approximate surface area is 91.0 Å². The first-order chi connectivity index (χ1) is 7.11. The van der Waals surface area contributed by atoms with Crippen LogP contribution in [-0.4, -0.2) is 23.6 Å². The van der Waals surface area contributed by atoms with Gasteiger partial charge in [-0.1, -0.05) is 12.5 Å². The van der Waals surface area contributed by atoms with Crippen LogP contribution in [0.25, 0.3) is 0 Å². The lowest BCUT2D eigenvalue weighted by Crippen LogP contribution is -2.47. The maximum absolute atomic E-state index is 11.7. The minimum absolute atomic E-state index is 0.101. The lowest BCUT2D eigenvalue weighted by atomic mass is 9.98. The molecule has 1 aliphatic heterocycles. The summed E-state index contributed by atoms with van der Waals surface area (Å²) in [6.07, 6.45) is 2.11. The van der Waals surface area contributed by atoms with Crippen molar-refractivity contribution in [2.75, 3.05) is 6.54 Å². The summed E-state index contributed by atoms with van der Waals surface area (Å²) in [7, 11) is 0. The van der Waals surface area contributed by atoms with Gasteiger partial charge < -0.3 is 4.90 Å². The average molecular weight is 212 g/mol. The van der Waals surface area contributed by atoms with E-state index in [1.54, 1.807) is 4.90 Å². The van der Waals surface area contributed by atoms with Crippen molar-refractivity contribution < 1.29 is 9.63 Å². The van der Waals surface area contributed by atoms with Crippen LogP contribution in [-0.2, 0) is 9.63 Å². The number of allylic oxidation sites excluding steroid dienone is 1. The van der Waals surface area contributed by atoms with Crippen LogP contribution in [0, 0.1) is 0 Å². The fourth-order valence-corrected chi connectivity index (χ4v) is 1.98. The second kappa shape index (κ2) is 5.28. The molecule has 1 fully saturated rings. The second-order valence-corrected chi connectivity index (χ2v) is 4.06. The second-order valence-electron chi connectivity index (χ2n) is 4.06. The minimum Gasteiger partial charge on any atom is -0.312 e. The van der Waals surface area contributed by atoms with Gasteiger partial charge in [0, 0.05) is 13.0 Å². The van der Waals surface area contributed by atoms with Gasteiger partial charge in [-0.05, 0) is 32.3 Å². The van der Waals surface area contributed by atoms with Crippen LogP contribution >= 0.6 is 0 Å². The number of carbonyl (C=O) groups is 1. The summed E-state index contributed by atoms with van der Waals surface area (Å²) >= 11 is 0. The molecular weight excluding hydrogens is 192 g/mol. The van der Waals surface area contributed by atoms with Gasteiger partial charge in [-0.2, -0.15) is 0 Å². The Hall–Kier alpha value is -0.870. The lowest BCUT2D eigenvalue weighted by molar-refractivity contribution is -0.145. The molecule has 4 heteroatoms. The number of piperidine rings is 1. The summed E-state index contributed by atoms with van der Waals surface area (Å²) in [6, 6.07) is 0. The first-order valence-electron chi connectivity index (χ1n) is 5.43. The van der Waals surface area contributed by atoms with Gasteiger partial charge in [-0.25, -0.2) is 5.90 Å². The van der Waals surface area contributed by atoms with Crippen molar-refractivity contribution >= 4 is 5.91 Å². The fourth-order valence-electron chi connectivity index (χ4n) is 1.98. The monoisotopic (exact) mass is 212 g/mol. The lowest BCUT2D eigenvalue weighted by Gasteiger charge is -2.36. The molecular formula is C11H20N2O2. The minimum atomic E-state index is -0.351. The zero-order valence-electron chi connectivity index (χ0n) is 9.75. The molecule has 0 spiro atoms. The summed E-state index contributed by atoms with van der Waals surface area (Å²) in [6.45, 7) is 6.65. The summed E-state index contributed by atoms with van der Waals surface area (Å²) in [5, 5.41) is 0. The van der Waals surface area contributed by atoms with Gasteiger partial charge in [0.25, 0.3) is 0 Å². The number of hydrogen-bond donors (Lipinski definition) is 1. The van der Waals surface area contributed by atoms with Crippen LogP contribution in [0.15, 0.2) is 11.1 Å². The van der Waals surface area contributed by atoms with E-state index in [0.717, 1.165) is 25.0 Å². The molecule has 15 heavy (non-hydrogen) atoms. The van der Waals surface area contributed by atoms with E-state index in [9.17, 15) is 4.79 Å². The molecule has 0 aromatic rings. The molecule has 1 saturated heterocycles. The molecule has 4 nitrogen and oxygen atoms in total. The van der Waals surface area contributed by atoms with E-state index in [0.29, 0.717) is 6.42 Å². The van der Waals surface area contributed by atoms with Gasteiger partial charge in [0.15, 0.2) is 6.23 Å². The molecule has 1 rings (SSSR count). The van der Waals surface area contributed by atoms with Gasteiger partial charge in [-0.3, -0.25) is 9.63 Å². The van der Waals surface area contributed by atoms with Crippen LogP contribution in [0.5, 0.6) is 0 Å². The summed E-state index contributed by atoms with van der Waals surface area (Å²) in [5.74, 6) is 5.39. The van der Waals surface area contributed by atoms with Crippen LogP contribution in [0.3, 0.4) is 0 Å². The Morgan fingerprint density at radius 1 is 1.60 bits per heavy atom. The fraction of sp³-hybridized carbons (Fsp3) is 0.727. The molecule has 1 unspecified atom stereocenters. The normalized spacial score (nSPS) is 21.7. The van der Waals surface area contributed by atoms with Gasteiger partial charge in [0.1, 0.15) is 0 Å². The van der Waals surface area contributed by atoms with Crippen molar-refractivity contribution in [2.45, 2.75) is 46.3 Å². The molecule has 0 aliphatic carbocycles. The third-order valence-corrected chi connectivity index (χ3v) is 2.82. The van der Waals surface area contributed by atoms with Gasteiger partial charge in [0.2, 0.25) is 5.91 Å². The summed E-state index contributed by atoms with van der Waals surface area (Å²) in [4.78, 5) is 18.3. The average Bonchev–Trinajstić information content (AvgIpc) is 2.26. The number of amides is 1. The Kier molecular flexibility index (Phi) is 4.29. The smallest absolute Gasteiger partial charge is 0.224 e. The molecule has 86 valence electrons. The molecule has 0 bridgehead atoms. The van der Waals surface area contributed by atoms with Crippen molar-refractivity contribution in [3.05, 3.63) is 11.1 Å². The molecule has 1 heterocycles. The highest BCUT2D eigenvalue weighted by atomic mass is 16.6. The first kappa shape index (κ1) is 12.2. The first-order valence-corrected chi connectivity index (χ1v) is 5.43. The zero-order valence-corrected chi connectivity index (χ0v) is 9.75. The number of nitrogens with zero attached hydrogens (tertiary/aromatic N) is 1. The Bertz CT molecular complexity index is 270. The van der Waals surface area contributed by atoms with Crippen LogP contribution in [0.2, 0.25) is 0 Å². The molecule has 0 aromatic carbocycles. The number of hydrogen-bond acceptors (Lipinski definition) is 3. The van der Waals surface area contributed by atoms with Gasteiger partial charge >= 0.3 is 0 Å². The van der Waals surface area contributed by atoms with E-state index >= 15 is 0 Å². The maximum atomic E-state index is 11.7. The number of likely N-dealkylation sites (tertiary alicyclic amines) is 1. The maximum Gasteiger partial charge on any atom is 0.224 e. The van der Waals surface area contributed by atoms with E-state index in [2.05, 4.69) is 0 Å². The zero-order chi connectivity index (χ0) is 11.4. The van der Waals surface area contributed by atoms with Crippen molar-refractivity contribution in [2.24, 2.45) is 5.90 Å². The third-order valence-electron chi connectivity index (χ3n) is 2.82. The molecule has 2 N–H and O–H groups in total.